The highest BCUT2D eigenvalue weighted by Gasteiger charge is 2.16. The van der Waals surface area contributed by atoms with Crippen LogP contribution < -0.4 is 5.43 Å². The van der Waals surface area contributed by atoms with Gasteiger partial charge in [-0.3, -0.25) is 0 Å². The number of benzene rings is 1. The molecule has 0 saturated carbocycles. The molecule has 3 nitrogen and oxygen atoms in total. The Hall–Kier alpha value is -2.51. The fourth-order valence-corrected chi connectivity index (χ4v) is 3.11. The van der Waals surface area contributed by atoms with Gasteiger partial charge in [-0.15, -0.1) is 11.3 Å². The highest BCUT2D eigenvalue weighted by atomic mass is 32.1. The molecular formula is C20H21N3S. The summed E-state index contributed by atoms with van der Waals surface area (Å²) in [5, 5.41) is 0. The molecule has 0 atom stereocenters. The van der Waals surface area contributed by atoms with Crippen molar-refractivity contribution in [1.82, 2.24) is 9.66 Å². The van der Waals surface area contributed by atoms with Gasteiger partial charge in [-0.05, 0) is 52.0 Å². The van der Waals surface area contributed by atoms with Gasteiger partial charge in [0.1, 0.15) is 0 Å². The van der Waals surface area contributed by atoms with Crippen LogP contribution in [0.1, 0.15) is 36.9 Å². The molecule has 122 valence electrons. The summed E-state index contributed by atoms with van der Waals surface area (Å²) in [7, 11) is 0. The van der Waals surface area contributed by atoms with Crippen molar-refractivity contribution in [2.75, 3.05) is 5.43 Å². The van der Waals surface area contributed by atoms with Crippen LogP contribution in [-0.2, 0) is 0 Å². The average Bonchev–Trinajstić information content (AvgIpc) is 3.13. The van der Waals surface area contributed by atoms with Gasteiger partial charge in [-0.2, -0.15) is 0 Å². The molecule has 3 rings (SSSR count). The molecule has 2 heterocycles. The zero-order valence-electron chi connectivity index (χ0n) is 14.4. The molecule has 1 N–H and O–H groups in total. The van der Waals surface area contributed by atoms with E-state index in [1.165, 1.54) is 0 Å². The number of hydrogen-bond acceptors (Lipinski definition) is 3. The van der Waals surface area contributed by atoms with Crippen LogP contribution in [0.4, 0.5) is 0 Å². The lowest BCUT2D eigenvalue weighted by Gasteiger charge is -2.25. The quantitative estimate of drug-likeness (QED) is 0.690. The number of thiophene rings is 1. The Kier molecular flexibility index (Phi) is 4.46. The minimum absolute atomic E-state index is 0.0343. The second-order valence-electron chi connectivity index (χ2n) is 6.70. The zero-order valence-corrected chi connectivity index (χ0v) is 15.2. The van der Waals surface area contributed by atoms with Gasteiger partial charge in [0.15, 0.2) is 5.82 Å². The van der Waals surface area contributed by atoms with Gasteiger partial charge in [0, 0.05) is 11.1 Å². The normalized spacial score (nSPS) is 11.0. The van der Waals surface area contributed by atoms with E-state index < -0.39 is 0 Å². The molecule has 4 heteroatoms. The molecule has 24 heavy (non-hydrogen) atoms. The van der Waals surface area contributed by atoms with Crippen molar-refractivity contribution in [1.29, 1.82) is 0 Å². The maximum absolute atomic E-state index is 4.56. The molecule has 0 aliphatic heterocycles. The van der Waals surface area contributed by atoms with Gasteiger partial charge in [0.2, 0.25) is 0 Å². The highest BCUT2D eigenvalue weighted by Crippen LogP contribution is 2.27. The molecule has 0 spiro atoms. The Morgan fingerprint density at radius 1 is 1.04 bits per heavy atom. The predicted molar refractivity (Wildman–Crippen MR) is 102 cm³/mol. The molecule has 0 amide bonds. The summed E-state index contributed by atoms with van der Waals surface area (Å²) in [6.07, 6.45) is 1.89. The van der Waals surface area contributed by atoms with Crippen LogP contribution in [0.15, 0.2) is 48.7 Å². The van der Waals surface area contributed by atoms with Gasteiger partial charge < -0.3 is 5.43 Å². The SMILES string of the molecule is Cc1cnc(-c2ccc(C#Cc3ccccc3)s2)n1NC(C)(C)C. The molecule has 0 radical (unpaired) electrons. The molecule has 0 saturated heterocycles. The highest BCUT2D eigenvalue weighted by molar-refractivity contribution is 7.15. The van der Waals surface area contributed by atoms with E-state index in [9.17, 15) is 0 Å². The molecule has 0 fully saturated rings. The third-order valence-electron chi connectivity index (χ3n) is 3.32. The number of hydrogen-bond donors (Lipinski definition) is 1. The summed E-state index contributed by atoms with van der Waals surface area (Å²) >= 11 is 1.66. The maximum atomic E-state index is 4.56. The molecule has 2 aromatic heterocycles. The lowest BCUT2D eigenvalue weighted by atomic mass is 10.1. The smallest absolute Gasteiger partial charge is 0.168 e. The molecular weight excluding hydrogens is 314 g/mol. The Labute approximate surface area is 147 Å². The molecule has 3 aromatic rings. The van der Waals surface area contributed by atoms with Gasteiger partial charge in [-0.25, -0.2) is 9.66 Å². The lowest BCUT2D eigenvalue weighted by Crippen LogP contribution is -2.35. The summed E-state index contributed by atoms with van der Waals surface area (Å²) in [4.78, 5) is 6.71. The van der Waals surface area contributed by atoms with Gasteiger partial charge >= 0.3 is 0 Å². The van der Waals surface area contributed by atoms with Crippen molar-refractivity contribution in [3.05, 3.63) is 64.8 Å². The van der Waals surface area contributed by atoms with Gasteiger partial charge in [-0.1, -0.05) is 30.0 Å². The first-order valence-electron chi connectivity index (χ1n) is 7.92. The Balaban J connectivity index is 1.88. The molecule has 1 aromatic carbocycles. The van der Waals surface area contributed by atoms with Crippen LogP contribution in [0.5, 0.6) is 0 Å². The molecule has 0 aliphatic carbocycles. The van der Waals surface area contributed by atoms with Crippen LogP contribution >= 0.6 is 11.3 Å². The van der Waals surface area contributed by atoms with E-state index in [1.807, 2.05) is 36.5 Å². The second-order valence-corrected chi connectivity index (χ2v) is 7.78. The van der Waals surface area contributed by atoms with E-state index in [-0.39, 0.29) is 5.54 Å². The van der Waals surface area contributed by atoms with Crippen molar-refractivity contribution in [3.63, 3.8) is 0 Å². The second kappa shape index (κ2) is 6.54. The van der Waals surface area contributed by atoms with Crippen LogP contribution in [-0.4, -0.2) is 15.2 Å². The van der Waals surface area contributed by atoms with Crippen molar-refractivity contribution in [2.45, 2.75) is 33.2 Å². The molecule has 0 aliphatic rings. The Bertz CT molecular complexity index is 886. The number of imidazole rings is 1. The molecule has 0 bridgehead atoms. The monoisotopic (exact) mass is 335 g/mol. The van der Waals surface area contributed by atoms with E-state index in [1.54, 1.807) is 11.3 Å². The summed E-state index contributed by atoms with van der Waals surface area (Å²) < 4.78 is 2.06. The maximum Gasteiger partial charge on any atom is 0.168 e. The number of nitrogens with one attached hydrogen (secondary N) is 1. The number of nitrogens with zero attached hydrogens (tertiary/aromatic N) is 2. The van der Waals surface area contributed by atoms with Crippen LogP contribution in [0.2, 0.25) is 0 Å². The minimum atomic E-state index is -0.0343. The number of rotatable bonds is 2. The van der Waals surface area contributed by atoms with E-state index >= 15 is 0 Å². The number of aryl methyl sites for hydroxylation is 1. The third kappa shape index (κ3) is 3.87. The third-order valence-corrected chi connectivity index (χ3v) is 4.31. The first-order chi connectivity index (χ1) is 11.4. The molecule has 0 unspecified atom stereocenters. The summed E-state index contributed by atoms with van der Waals surface area (Å²) in [5.74, 6) is 7.37. The average molecular weight is 335 g/mol. The van der Waals surface area contributed by atoms with E-state index in [2.05, 4.69) is 66.8 Å². The topological polar surface area (TPSA) is 29.9 Å². The van der Waals surface area contributed by atoms with Crippen LogP contribution in [0.3, 0.4) is 0 Å². The standard InChI is InChI=1S/C20H21N3S/c1-15-14-21-19(23(15)22-20(2,3)4)18-13-12-17(24-18)11-10-16-8-6-5-7-9-16/h5-9,12-14,22H,1-4H3. The predicted octanol–water partition coefficient (Wildman–Crippen LogP) is 4.66. The van der Waals surface area contributed by atoms with E-state index in [4.69, 9.17) is 0 Å². The van der Waals surface area contributed by atoms with Crippen LogP contribution in [0.25, 0.3) is 10.7 Å². The van der Waals surface area contributed by atoms with E-state index in [0.29, 0.717) is 0 Å². The van der Waals surface area contributed by atoms with E-state index in [0.717, 1.165) is 26.8 Å². The minimum Gasteiger partial charge on any atom is -0.319 e. The summed E-state index contributed by atoms with van der Waals surface area (Å²) in [5.41, 5.74) is 5.57. The van der Waals surface area contributed by atoms with Crippen molar-refractivity contribution in [2.24, 2.45) is 0 Å². The summed E-state index contributed by atoms with van der Waals surface area (Å²) in [6.45, 7) is 8.48. The number of aromatic nitrogens is 2. The summed E-state index contributed by atoms with van der Waals surface area (Å²) in [6, 6.07) is 14.2. The first kappa shape index (κ1) is 16.4. The van der Waals surface area contributed by atoms with Crippen molar-refractivity contribution >= 4 is 11.3 Å². The Morgan fingerprint density at radius 3 is 2.50 bits per heavy atom. The van der Waals surface area contributed by atoms with Gasteiger partial charge in [0.25, 0.3) is 0 Å². The Morgan fingerprint density at radius 2 is 1.79 bits per heavy atom. The van der Waals surface area contributed by atoms with Crippen molar-refractivity contribution in [3.8, 4) is 22.5 Å². The van der Waals surface area contributed by atoms with Gasteiger partial charge in [0.05, 0.1) is 21.6 Å². The lowest BCUT2D eigenvalue weighted by molar-refractivity contribution is 0.551. The largest absolute Gasteiger partial charge is 0.319 e. The first-order valence-corrected chi connectivity index (χ1v) is 8.74. The fourth-order valence-electron chi connectivity index (χ4n) is 2.27. The van der Waals surface area contributed by atoms with Crippen LogP contribution in [0, 0.1) is 18.8 Å². The van der Waals surface area contributed by atoms with Crippen molar-refractivity contribution < 1.29 is 0 Å². The zero-order chi connectivity index (χ0) is 17.2. The fraction of sp³-hybridized carbons (Fsp3) is 0.250.